The molecule has 0 aromatic carbocycles. The van der Waals surface area contributed by atoms with Gasteiger partial charge in [-0.2, -0.15) is 5.10 Å². The summed E-state index contributed by atoms with van der Waals surface area (Å²) in [6.07, 6.45) is -0.751. The molecule has 0 bridgehead atoms. The number of amides is 1. The quantitative estimate of drug-likeness (QED) is 0.781. The van der Waals surface area contributed by atoms with Crippen molar-refractivity contribution in [2.45, 2.75) is 13.5 Å². The second kappa shape index (κ2) is 5.86. The molecule has 0 aliphatic rings. The van der Waals surface area contributed by atoms with Crippen LogP contribution >= 0.6 is 15.9 Å². The summed E-state index contributed by atoms with van der Waals surface area (Å²) in [6.45, 7) is 3.41. The van der Waals surface area contributed by atoms with Gasteiger partial charge in [0.1, 0.15) is 6.61 Å². The van der Waals surface area contributed by atoms with Crippen molar-refractivity contribution >= 4 is 22.0 Å². The highest BCUT2D eigenvalue weighted by Gasteiger charge is 2.09. The number of rotatable bonds is 5. The van der Waals surface area contributed by atoms with E-state index in [9.17, 15) is 4.79 Å². The summed E-state index contributed by atoms with van der Waals surface area (Å²) in [5.74, 6) is 0. The predicted molar refractivity (Wildman–Crippen MR) is 62.9 cm³/mol. The Bertz CT molecular complexity index is 378. The van der Waals surface area contributed by atoms with Crippen LogP contribution in [0.1, 0.15) is 11.4 Å². The number of carbonyl (C=O) groups is 1. The fourth-order valence-electron chi connectivity index (χ4n) is 1.30. The first-order valence-corrected chi connectivity index (χ1v) is 5.62. The molecule has 0 unspecified atom stereocenters. The Hall–Kier alpha value is -1.08. The van der Waals surface area contributed by atoms with Gasteiger partial charge in [-0.25, -0.2) is 4.79 Å². The lowest BCUT2D eigenvalue weighted by molar-refractivity contribution is 0.157. The van der Waals surface area contributed by atoms with Crippen molar-refractivity contribution < 1.29 is 9.53 Å². The minimum Gasteiger partial charge on any atom is -0.448 e. The van der Waals surface area contributed by atoms with Gasteiger partial charge in [0.2, 0.25) is 0 Å². The SMILES string of the molecule is Cc1nn(C)c(CNCCOC(N)=O)c1Br. The van der Waals surface area contributed by atoms with E-state index < -0.39 is 6.09 Å². The van der Waals surface area contributed by atoms with Crippen LogP contribution in [0.25, 0.3) is 0 Å². The molecule has 7 heteroatoms. The fraction of sp³-hybridized carbons (Fsp3) is 0.556. The molecule has 1 aromatic heterocycles. The van der Waals surface area contributed by atoms with Crippen molar-refractivity contribution in [3.8, 4) is 0 Å². The van der Waals surface area contributed by atoms with Crippen molar-refractivity contribution in [3.05, 3.63) is 15.9 Å². The molecule has 3 N–H and O–H groups in total. The molecule has 0 aliphatic carbocycles. The summed E-state index contributed by atoms with van der Waals surface area (Å²) in [6, 6.07) is 0. The first kappa shape index (κ1) is 13.0. The van der Waals surface area contributed by atoms with E-state index in [2.05, 4.69) is 31.1 Å². The van der Waals surface area contributed by atoms with E-state index in [0.29, 0.717) is 13.1 Å². The summed E-state index contributed by atoms with van der Waals surface area (Å²) in [5.41, 5.74) is 6.83. The van der Waals surface area contributed by atoms with Crippen LogP contribution in [-0.2, 0) is 18.3 Å². The van der Waals surface area contributed by atoms with E-state index in [0.717, 1.165) is 15.9 Å². The van der Waals surface area contributed by atoms with Crippen LogP contribution in [0.5, 0.6) is 0 Å². The van der Waals surface area contributed by atoms with Crippen molar-refractivity contribution in [1.82, 2.24) is 15.1 Å². The average Bonchev–Trinajstić information content (AvgIpc) is 2.43. The van der Waals surface area contributed by atoms with Gasteiger partial charge in [-0.05, 0) is 22.9 Å². The lowest BCUT2D eigenvalue weighted by Gasteiger charge is -2.05. The molecule has 0 fully saturated rings. The van der Waals surface area contributed by atoms with Crippen molar-refractivity contribution in [2.24, 2.45) is 12.8 Å². The number of halogens is 1. The summed E-state index contributed by atoms with van der Waals surface area (Å²) < 4.78 is 7.39. The van der Waals surface area contributed by atoms with Gasteiger partial charge >= 0.3 is 6.09 Å². The number of hydrogen-bond donors (Lipinski definition) is 2. The molecule has 1 heterocycles. The molecule has 1 rings (SSSR count). The molecule has 6 nitrogen and oxygen atoms in total. The summed E-state index contributed by atoms with van der Waals surface area (Å²) in [4.78, 5) is 10.3. The third kappa shape index (κ3) is 3.49. The number of aromatic nitrogens is 2. The third-order valence-electron chi connectivity index (χ3n) is 2.08. The van der Waals surface area contributed by atoms with Gasteiger partial charge < -0.3 is 15.8 Å². The molecule has 0 spiro atoms. The molecular formula is C9H15BrN4O2. The lowest BCUT2D eigenvalue weighted by atomic mass is 10.3. The van der Waals surface area contributed by atoms with E-state index in [1.165, 1.54) is 0 Å². The number of nitrogens with two attached hydrogens (primary N) is 1. The Morgan fingerprint density at radius 2 is 2.38 bits per heavy atom. The summed E-state index contributed by atoms with van der Waals surface area (Å²) in [5, 5.41) is 7.39. The second-order valence-corrected chi connectivity index (χ2v) is 4.11. The highest BCUT2D eigenvalue weighted by Crippen LogP contribution is 2.19. The first-order valence-electron chi connectivity index (χ1n) is 4.83. The monoisotopic (exact) mass is 290 g/mol. The first-order chi connectivity index (χ1) is 7.52. The molecule has 1 amide bonds. The minimum atomic E-state index is -0.751. The Balaban J connectivity index is 2.34. The van der Waals surface area contributed by atoms with Gasteiger partial charge in [0, 0.05) is 20.1 Å². The predicted octanol–water partition coefficient (Wildman–Crippen LogP) is 0.676. The minimum absolute atomic E-state index is 0.268. The van der Waals surface area contributed by atoms with Gasteiger partial charge in [0.25, 0.3) is 0 Å². The van der Waals surface area contributed by atoms with Crippen LogP contribution in [0.4, 0.5) is 4.79 Å². The Kier molecular flexibility index (Phi) is 4.75. The number of hydrogen-bond acceptors (Lipinski definition) is 4. The van der Waals surface area contributed by atoms with Gasteiger partial charge in [-0.1, -0.05) is 0 Å². The van der Waals surface area contributed by atoms with E-state index in [-0.39, 0.29) is 6.61 Å². The van der Waals surface area contributed by atoms with Gasteiger partial charge in [-0.3, -0.25) is 4.68 Å². The van der Waals surface area contributed by atoms with Crippen LogP contribution in [0.3, 0.4) is 0 Å². The average molecular weight is 291 g/mol. The molecular weight excluding hydrogens is 276 g/mol. The van der Waals surface area contributed by atoms with Gasteiger partial charge in [-0.15, -0.1) is 0 Å². The fourth-order valence-corrected chi connectivity index (χ4v) is 1.78. The maximum Gasteiger partial charge on any atom is 0.404 e. The number of nitrogens with one attached hydrogen (secondary N) is 1. The Morgan fingerprint density at radius 1 is 1.69 bits per heavy atom. The molecule has 1 aromatic rings. The number of nitrogens with zero attached hydrogens (tertiary/aromatic N) is 2. The third-order valence-corrected chi connectivity index (χ3v) is 3.11. The normalized spacial score (nSPS) is 10.4. The van der Waals surface area contributed by atoms with Crippen LogP contribution in [-0.4, -0.2) is 29.0 Å². The van der Waals surface area contributed by atoms with Crippen molar-refractivity contribution in [3.63, 3.8) is 0 Å². The number of ether oxygens (including phenoxy) is 1. The molecule has 0 saturated carbocycles. The summed E-state index contributed by atoms with van der Waals surface area (Å²) in [7, 11) is 1.88. The maximum atomic E-state index is 10.3. The van der Waals surface area contributed by atoms with E-state index in [1.807, 2.05) is 14.0 Å². The van der Waals surface area contributed by atoms with E-state index in [4.69, 9.17) is 5.73 Å². The number of carbonyl (C=O) groups excluding carboxylic acids is 1. The van der Waals surface area contributed by atoms with Gasteiger partial charge in [0.05, 0.1) is 15.9 Å². The molecule has 0 radical (unpaired) electrons. The smallest absolute Gasteiger partial charge is 0.404 e. The molecule has 0 atom stereocenters. The van der Waals surface area contributed by atoms with Crippen molar-refractivity contribution in [1.29, 1.82) is 0 Å². The van der Waals surface area contributed by atoms with Crippen LogP contribution in [0.2, 0.25) is 0 Å². The second-order valence-electron chi connectivity index (χ2n) is 3.31. The number of aryl methyl sites for hydroxylation is 2. The van der Waals surface area contributed by atoms with E-state index in [1.54, 1.807) is 4.68 Å². The lowest BCUT2D eigenvalue weighted by Crippen LogP contribution is -2.24. The van der Waals surface area contributed by atoms with E-state index >= 15 is 0 Å². The zero-order chi connectivity index (χ0) is 12.1. The molecule has 16 heavy (non-hydrogen) atoms. The van der Waals surface area contributed by atoms with Crippen molar-refractivity contribution in [2.75, 3.05) is 13.2 Å². The van der Waals surface area contributed by atoms with Crippen LogP contribution in [0, 0.1) is 6.92 Å². The standard InChI is InChI=1S/C9H15BrN4O2/c1-6-8(10)7(14(2)13-6)5-12-3-4-16-9(11)15/h12H,3-5H2,1-2H3,(H2,11,15). The zero-order valence-corrected chi connectivity index (χ0v) is 10.9. The maximum absolute atomic E-state index is 10.3. The highest BCUT2D eigenvalue weighted by atomic mass is 79.9. The molecule has 0 saturated heterocycles. The zero-order valence-electron chi connectivity index (χ0n) is 9.29. The molecule has 90 valence electrons. The summed E-state index contributed by atoms with van der Waals surface area (Å²) >= 11 is 3.46. The Morgan fingerprint density at radius 3 is 2.88 bits per heavy atom. The largest absolute Gasteiger partial charge is 0.448 e. The Labute approximate surface area is 102 Å². The van der Waals surface area contributed by atoms with Crippen LogP contribution in [0.15, 0.2) is 4.47 Å². The van der Waals surface area contributed by atoms with Gasteiger partial charge in [0.15, 0.2) is 0 Å². The van der Waals surface area contributed by atoms with Crippen LogP contribution < -0.4 is 11.1 Å². The topological polar surface area (TPSA) is 82.2 Å². The molecule has 0 aliphatic heterocycles. The highest BCUT2D eigenvalue weighted by molar-refractivity contribution is 9.10. The number of primary amides is 1.